The molecule has 1 aliphatic carbocycles. The van der Waals surface area contributed by atoms with E-state index in [0.29, 0.717) is 19.1 Å². The monoisotopic (exact) mass is 226 g/mol. The lowest BCUT2D eigenvalue weighted by Gasteiger charge is -2.37. The zero-order valence-electron chi connectivity index (χ0n) is 10.0. The van der Waals surface area contributed by atoms with Crippen molar-refractivity contribution in [2.45, 2.75) is 44.7 Å². The van der Waals surface area contributed by atoms with Crippen molar-refractivity contribution in [3.63, 3.8) is 0 Å². The highest BCUT2D eigenvalue weighted by molar-refractivity contribution is 5.79. The summed E-state index contributed by atoms with van der Waals surface area (Å²) >= 11 is 0. The zero-order chi connectivity index (χ0) is 11.5. The summed E-state index contributed by atoms with van der Waals surface area (Å²) in [6.45, 7) is 4.14. The van der Waals surface area contributed by atoms with Gasteiger partial charge in [0, 0.05) is 18.5 Å². The van der Waals surface area contributed by atoms with Crippen LogP contribution in [0.5, 0.6) is 0 Å². The molecule has 1 saturated carbocycles. The fourth-order valence-corrected chi connectivity index (χ4v) is 2.74. The Bertz CT molecular complexity index is 257. The van der Waals surface area contributed by atoms with Crippen molar-refractivity contribution in [3.05, 3.63) is 0 Å². The molecule has 16 heavy (non-hydrogen) atoms. The van der Waals surface area contributed by atoms with E-state index in [-0.39, 0.29) is 18.0 Å². The summed E-state index contributed by atoms with van der Waals surface area (Å²) in [5, 5.41) is 0. The van der Waals surface area contributed by atoms with E-state index in [9.17, 15) is 4.79 Å². The predicted octanol–water partition coefficient (Wildman–Crippen LogP) is 0.751. The van der Waals surface area contributed by atoms with Crippen LogP contribution >= 0.6 is 0 Å². The first-order valence-electron chi connectivity index (χ1n) is 6.32. The van der Waals surface area contributed by atoms with E-state index < -0.39 is 0 Å². The Labute approximate surface area is 97.1 Å². The van der Waals surface area contributed by atoms with Crippen LogP contribution in [0.4, 0.5) is 0 Å². The molecule has 0 spiro atoms. The minimum atomic E-state index is 0.157. The number of carbonyl (C=O) groups is 1. The van der Waals surface area contributed by atoms with Gasteiger partial charge in [-0.3, -0.25) is 4.79 Å². The molecule has 2 rings (SSSR count). The largest absolute Gasteiger partial charge is 0.377 e. The fourth-order valence-electron chi connectivity index (χ4n) is 2.74. The van der Waals surface area contributed by atoms with Crippen molar-refractivity contribution in [1.29, 1.82) is 0 Å². The van der Waals surface area contributed by atoms with Gasteiger partial charge in [0.2, 0.25) is 5.91 Å². The number of nitrogens with two attached hydrogens (primary N) is 1. The van der Waals surface area contributed by atoms with E-state index in [1.54, 1.807) is 0 Å². The molecule has 1 aliphatic heterocycles. The Balaban J connectivity index is 1.94. The molecule has 4 heteroatoms. The van der Waals surface area contributed by atoms with Crippen molar-refractivity contribution in [2.24, 2.45) is 11.7 Å². The van der Waals surface area contributed by atoms with Gasteiger partial charge >= 0.3 is 0 Å². The lowest BCUT2D eigenvalue weighted by atomic mass is 9.85. The Morgan fingerprint density at radius 1 is 1.44 bits per heavy atom. The van der Waals surface area contributed by atoms with Crippen molar-refractivity contribution in [3.8, 4) is 0 Å². The minimum Gasteiger partial charge on any atom is -0.377 e. The van der Waals surface area contributed by atoms with E-state index in [2.05, 4.69) is 6.92 Å². The van der Waals surface area contributed by atoms with E-state index in [0.717, 1.165) is 32.2 Å². The number of hydrogen-bond donors (Lipinski definition) is 1. The average molecular weight is 226 g/mol. The van der Waals surface area contributed by atoms with Gasteiger partial charge in [-0.15, -0.1) is 0 Å². The van der Waals surface area contributed by atoms with Crippen LogP contribution < -0.4 is 5.73 Å². The maximum Gasteiger partial charge on any atom is 0.226 e. The second-order valence-electron chi connectivity index (χ2n) is 5.08. The van der Waals surface area contributed by atoms with Gasteiger partial charge in [0.1, 0.15) is 0 Å². The van der Waals surface area contributed by atoms with Gasteiger partial charge in [0.05, 0.1) is 19.3 Å². The first kappa shape index (κ1) is 11.9. The van der Waals surface area contributed by atoms with Gasteiger partial charge in [-0.25, -0.2) is 0 Å². The molecule has 0 aromatic rings. The molecular formula is C12H22N2O2. The van der Waals surface area contributed by atoms with Crippen molar-refractivity contribution in [2.75, 3.05) is 19.8 Å². The van der Waals surface area contributed by atoms with Crippen LogP contribution in [0.25, 0.3) is 0 Å². The molecule has 1 saturated heterocycles. The second-order valence-corrected chi connectivity index (χ2v) is 5.08. The van der Waals surface area contributed by atoms with Crippen LogP contribution in [0, 0.1) is 5.92 Å². The predicted molar refractivity (Wildman–Crippen MR) is 61.9 cm³/mol. The first-order valence-corrected chi connectivity index (χ1v) is 6.32. The molecule has 0 aromatic carbocycles. The van der Waals surface area contributed by atoms with E-state index in [1.165, 1.54) is 0 Å². The topological polar surface area (TPSA) is 55.6 Å². The number of nitrogens with zero attached hydrogens (tertiary/aromatic N) is 1. The number of hydrogen-bond acceptors (Lipinski definition) is 3. The van der Waals surface area contributed by atoms with Crippen molar-refractivity contribution >= 4 is 5.91 Å². The van der Waals surface area contributed by atoms with Gasteiger partial charge in [-0.1, -0.05) is 6.42 Å². The molecule has 1 amide bonds. The molecule has 0 aromatic heterocycles. The molecule has 3 atom stereocenters. The molecule has 92 valence electrons. The van der Waals surface area contributed by atoms with Crippen molar-refractivity contribution < 1.29 is 9.53 Å². The molecular weight excluding hydrogens is 204 g/mol. The van der Waals surface area contributed by atoms with Gasteiger partial charge in [-0.05, 0) is 26.2 Å². The SMILES string of the molecule is C[C@@H]1COCCN1C(=O)C1CCCC(N)C1. The summed E-state index contributed by atoms with van der Waals surface area (Å²) in [7, 11) is 0. The zero-order valence-corrected chi connectivity index (χ0v) is 10.0. The maximum atomic E-state index is 12.3. The molecule has 0 bridgehead atoms. The maximum absolute atomic E-state index is 12.3. The summed E-state index contributed by atoms with van der Waals surface area (Å²) in [6, 6.07) is 0.443. The van der Waals surface area contributed by atoms with Crippen LogP contribution in [-0.2, 0) is 9.53 Å². The number of carbonyl (C=O) groups excluding carboxylic acids is 1. The van der Waals surface area contributed by atoms with Crippen molar-refractivity contribution in [1.82, 2.24) is 4.90 Å². The summed E-state index contributed by atoms with van der Waals surface area (Å²) in [6.07, 6.45) is 4.04. The smallest absolute Gasteiger partial charge is 0.226 e. The lowest BCUT2D eigenvalue weighted by molar-refractivity contribution is -0.144. The van der Waals surface area contributed by atoms with Gasteiger partial charge in [0.25, 0.3) is 0 Å². The molecule has 2 N–H and O–H groups in total. The van der Waals surface area contributed by atoms with E-state index in [4.69, 9.17) is 10.5 Å². The number of rotatable bonds is 1. The first-order chi connectivity index (χ1) is 7.68. The Kier molecular flexibility index (Phi) is 3.82. The van der Waals surface area contributed by atoms with E-state index in [1.807, 2.05) is 4.90 Å². The molecule has 2 aliphatic rings. The number of amides is 1. The third kappa shape index (κ3) is 2.55. The number of morpholine rings is 1. The van der Waals surface area contributed by atoms with Crippen LogP contribution in [0.2, 0.25) is 0 Å². The normalized spacial score (nSPS) is 36.1. The van der Waals surface area contributed by atoms with Gasteiger partial charge in [0.15, 0.2) is 0 Å². The molecule has 2 fully saturated rings. The third-order valence-corrected chi connectivity index (χ3v) is 3.71. The molecule has 0 radical (unpaired) electrons. The quantitative estimate of drug-likeness (QED) is 0.718. The summed E-state index contributed by atoms with van der Waals surface area (Å²) in [5.41, 5.74) is 5.93. The van der Waals surface area contributed by atoms with E-state index >= 15 is 0 Å². The van der Waals surface area contributed by atoms with Crippen LogP contribution in [0.3, 0.4) is 0 Å². The Hall–Kier alpha value is -0.610. The molecule has 4 nitrogen and oxygen atoms in total. The second kappa shape index (κ2) is 5.15. The Morgan fingerprint density at radius 3 is 2.94 bits per heavy atom. The van der Waals surface area contributed by atoms with Crippen LogP contribution in [0.1, 0.15) is 32.6 Å². The Morgan fingerprint density at radius 2 is 2.25 bits per heavy atom. The highest BCUT2D eigenvalue weighted by atomic mass is 16.5. The average Bonchev–Trinajstić information content (AvgIpc) is 2.29. The lowest BCUT2D eigenvalue weighted by Crippen LogP contribution is -2.50. The standard InChI is InChI=1S/C12H22N2O2/c1-9-8-16-6-5-14(9)12(15)10-3-2-4-11(13)7-10/h9-11H,2-8,13H2,1H3/t9-,10?,11?/m1/s1. The van der Waals surface area contributed by atoms with Gasteiger partial charge < -0.3 is 15.4 Å². The summed E-state index contributed by atoms with van der Waals surface area (Å²) < 4.78 is 5.35. The fraction of sp³-hybridized carbons (Fsp3) is 0.917. The highest BCUT2D eigenvalue weighted by Gasteiger charge is 2.32. The minimum absolute atomic E-state index is 0.157. The summed E-state index contributed by atoms with van der Waals surface area (Å²) in [5.74, 6) is 0.454. The van der Waals surface area contributed by atoms with Gasteiger partial charge in [-0.2, -0.15) is 0 Å². The van der Waals surface area contributed by atoms with Crippen LogP contribution in [-0.4, -0.2) is 42.6 Å². The molecule has 1 heterocycles. The molecule has 2 unspecified atom stereocenters. The van der Waals surface area contributed by atoms with Crippen LogP contribution in [0.15, 0.2) is 0 Å². The summed E-state index contributed by atoms with van der Waals surface area (Å²) in [4.78, 5) is 14.3. The highest BCUT2D eigenvalue weighted by Crippen LogP contribution is 2.26. The third-order valence-electron chi connectivity index (χ3n) is 3.71. The number of ether oxygens (including phenoxy) is 1.